The molecule has 2 aromatic carbocycles. The van der Waals surface area contributed by atoms with Crippen molar-refractivity contribution in [3.05, 3.63) is 89.2 Å². The minimum absolute atomic E-state index is 0.0101. The van der Waals surface area contributed by atoms with Crippen molar-refractivity contribution in [2.24, 2.45) is 0 Å². The van der Waals surface area contributed by atoms with E-state index in [9.17, 15) is 4.79 Å². The van der Waals surface area contributed by atoms with E-state index >= 15 is 0 Å². The lowest BCUT2D eigenvalue weighted by Crippen LogP contribution is -2.06. The molecule has 5 nitrogen and oxygen atoms in total. The molecule has 0 aliphatic heterocycles. The molecule has 0 saturated carbocycles. The quantitative estimate of drug-likeness (QED) is 0.451. The summed E-state index contributed by atoms with van der Waals surface area (Å²) in [7, 11) is 0. The fraction of sp³-hybridized carbons (Fsp3) is 0.200. The van der Waals surface area contributed by atoms with Crippen LogP contribution in [0, 0.1) is 18.8 Å². The van der Waals surface area contributed by atoms with Crippen molar-refractivity contribution in [1.29, 1.82) is 0 Å². The van der Waals surface area contributed by atoms with Crippen molar-refractivity contribution >= 4 is 5.97 Å². The number of hydrogen-bond donors (Lipinski definition) is 1. The van der Waals surface area contributed by atoms with Crippen molar-refractivity contribution < 1.29 is 19.4 Å². The Labute approximate surface area is 176 Å². The molecule has 0 amide bonds. The third-order valence-corrected chi connectivity index (χ3v) is 4.22. The van der Waals surface area contributed by atoms with Crippen LogP contribution in [0.15, 0.2) is 66.9 Å². The molecule has 0 saturated heterocycles. The molecule has 1 aromatic heterocycles. The van der Waals surface area contributed by atoms with Crippen LogP contribution in [-0.2, 0) is 11.2 Å². The van der Waals surface area contributed by atoms with Crippen LogP contribution in [0.25, 0.3) is 0 Å². The second kappa shape index (κ2) is 10.7. The normalized spacial score (nSPS) is 10.0. The van der Waals surface area contributed by atoms with Gasteiger partial charge in [0.05, 0.1) is 25.2 Å². The van der Waals surface area contributed by atoms with E-state index in [0.717, 1.165) is 22.4 Å². The summed E-state index contributed by atoms with van der Waals surface area (Å²) in [5, 5.41) is 8.80. The van der Waals surface area contributed by atoms with E-state index in [1.807, 2.05) is 43.3 Å². The number of hydrogen-bond acceptors (Lipinski definition) is 4. The zero-order valence-electron chi connectivity index (χ0n) is 16.8. The molecule has 0 unspecified atom stereocenters. The number of nitrogens with zero attached hydrogens (tertiary/aromatic N) is 1. The number of aryl methyl sites for hydroxylation is 1. The number of carboxylic acids is 1. The maximum absolute atomic E-state index is 10.7. The Bertz CT molecular complexity index is 1030. The second-order valence-corrected chi connectivity index (χ2v) is 6.73. The standard InChI is InChI=1S/C25H23NO4/c1-19-6-13-24(21(17-19)9-10-22-5-2-3-14-26-22)30-16-4-15-29-23-11-7-20(8-12-23)18-25(27)28/h2-3,5-8,11-14,17H,4,15-16,18H2,1H3,(H,27,28). The third kappa shape index (κ3) is 6.68. The molecular weight excluding hydrogens is 378 g/mol. The number of aromatic nitrogens is 1. The molecule has 30 heavy (non-hydrogen) atoms. The van der Waals surface area contributed by atoms with E-state index in [1.165, 1.54) is 0 Å². The molecule has 1 N–H and O–H groups in total. The monoisotopic (exact) mass is 401 g/mol. The maximum Gasteiger partial charge on any atom is 0.307 e. The number of pyridine rings is 1. The van der Waals surface area contributed by atoms with E-state index in [1.54, 1.807) is 30.5 Å². The lowest BCUT2D eigenvalue weighted by atomic mass is 10.1. The highest BCUT2D eigenvalue weighted by atomic mass is 16.5. The first-order valence-electron chi connectivity index (χ1n) is 9.70. The summed E-state index contributed by atoms with van der Waals surface area (Å²) in [5.41, 5.74) is 3.41. The van der Waals surface area contributed by atoms with Crippen LogP contribution in [0.1, 0.15) is 28.8 Å². The zero-order chi connectivity index (χ0) is 21.2. The molecule has 5 heteroatoms. The molecule has 3 aromatic rings. The Morgan fingerprint density at radius 3 is 2.53 bits per heavy atom. The highest BCUT2D eigenvalue weighted by molar-refractivity contribution is 5.70. The minimum Gasteiger partial charge on any atom is -0.493 e. The predicted octanol–water partition coefficient (Wildman–Crippen LogP) is 4.26. The second-order valence-electron chi connectivity index (χ2n) is 6.73. The van der Waals surface area contributed by atoms with E-state index in [-0.39, 0.29) is 6.42 Å². The summed E-state index contributed by atoms with van der Waals surface area (Å²) in [5.74, 6) is 6.81. The number of carbonyl (C=O) groups is 1. The van der Waals surface area contributed by atoms with E-state index < -0.39 is 5.97 Å². The first-order chi connectivity index (χ1) is 14.6. The van der Waals surface area contributed by atoms with Gasteiger partial charge >= 0.3 is 5.97 Å². The van der Waals surface area contributed by atoms with E-state index in [4.69, 9.17) is 14.6 Å². The Morgan fingerprint density at radius 1 is 1.00 bits per heavy atom. The highest BCUT2D eigenvalue weighted by Crippen LogP contribution is 2.20. The van der Waals surface area contributed by atoms with Crippen LogP contribution in [0.4, 0.5) is 0 Å². The number of benzene rings is 2. The van der Waals surface area contributed by atoms with Crippen LogP contribution < -0.4 is 9.47 Å². The van der Waals surface area contributed by atoms with Gasteiger partial charge in [0.2, 0.25) is 0 Å². The smallest absolute Gasteiger partial charge is 0.307 e. The molecule has 3 rings (SSSR count). The third-order valence-electron chi connectivity index (χ3n) is 4.22. The number of rotatable bonds is 8. The van der Waals surface area contributed by atoms with Crippen LogP contribution in [0.3, 0.4) is 0 Å². The average Bonchev–Trinajstić information content (AvgIpc) is 2.74. The van der Waals surface area contributed by atoms with Crippen LogP contribution in [0.5, 0.6) is 11.5 Å². The molecule has 0 atom stereocenters. The lowest BCUT2D eigenvalue weighted by molar-refractivity contribution is -0.136. The SMILES string of the molecule is Cc1ccc(OCCCOc2ccc(CC(=O)O)cc2)c(C#Cc2ccccn2)c1. The van der Waals surface area contributed by atoms with Crippen molar-refractivity contribution in [3.63, 3.8) is 0 Å². The van der Waals surface area contributed by atoms with Gasteiger partial charge in [-0.15, -0.1) is 0 Å². The first-order valence-corrected chi connectivity index (χ1v) is 9.70. The average molecular weight is 401 g/mol. The van der Waals surface area contributed by atoms with Crippen LogP contribution >= 0.6 is 0 Å². The first kappa shape index (κ1) is 20.9. The summed E-state index contributed by atoms with van der Waals surface area (Å²) in [6.07, 6.45) is 2.44. The van der Waals surface area contributed by atoms with Gasteiger partial charge in [-0.25, -0.2) is 4.98 Å². The molecular formula is C25H23NO4. The molecule has 0 radical (unpaired) electrons. The molecule has 0 aliphatic rings. The minimum atomic E-state index is -0.846. The van der Waals surface area contributed by atoms with Crippen LogP contribution in [0.2, 0.25) is 0 Å². The van der Waals surface area contributed by atoms with Gasteiger partial charge in [-0.1, -0.05) is 30.2 Å². The largest absolute Gasteiger partial charge is 0.493 e. The Kier molecular flexibility index (Phi) is 7.45. The Morgan fingerprint density at radius 2 is 1.80 bits per heavy atom. The molecule has 1 heterocycles. The number of ether oxygens (including phenoxy) is 2. The summed E-state index contributed by atoms with van der Waals surface area (Å²) in [4.78, 5) is 14.9. The fourth-order valence-electron chi connectivity index (χ4n) is 2.74. The fourth-order valence-corrected chi connectivity index (χ4v) is 2.74. The van der Waals surface area contributed by atoms with Gasteiger partial charge in [0, 0.05) is 12.6 Å². The number of carboxylic acid groups (broad SMARTS) is 1. The highest BCUT2D eigenvalue weighted by Gasteiger charge is 2.03. The van der Waals surface area contributed by atoms with E-state index in [0.29, 0.717) is 31.1 Å². The van der Waals surface area contributed by atoms with Gasteiger partial charge in [-0.05, 0) is 60.4 Å². The summed E-state index contributed by atoms with van der Waals surface area (Å²) < 4.78 is 11.6. The Hall–Kier alpha value is -3.78. The number of aliphatic carboxylic acids is 1. The zero-order valence-corrected chi connectivity index (χ0v) is 16.8. The van der Waals surface area contributed by atoms with Gasteiger partial charge < -0.3 is 14.6 Å². The summed E-state index contributed by atoms with van der Waals surface area (Å²) in [6.45, 7) is 3.02. The van der Waals surface area contributed by atoms with Crippen molar-refractivity contribution in [3.8, 4) is 23.3 Å². The molecule has 152 valence electrons. The van der Waals surface area contributed by atoms with E-state index in [2.05, 4.69) is 16.8 Å². The summed E-state index contributed by atoms with van der Waals surface area (Å²) >= 11 is 0. The molecule has 0 aliphatic carbocycles. The topological polar surface area (TPSA) is 68.7 Å². The lowest BCUT2D eigenvalue weighted by Gasteiger charge is -2.10. The maximum atomic E-state index is 10.7. The van der Waals surface area contributed by atoms with Gasteiger partial charge in [-0.2, -0.15) is 0 Å². The van der Waals surface area contributed by atoms with Gasteiger partial charge in [-0.3, -0.25) is 4.79 Å². The van der Waals surface area contributed by atoms with Gasteiger partial charge in [0.1, 0.15) is 17.2 Å². The van der Waals surface area contributed by atoms with Crippen molar-refractivity contribution in [2.75, 3.05) is 13.2 Å². The van der Waals surface area contributed by atoms with Crippen LogP contribution in [-0.4, -0.2) is 29.3 Å². The van der Waals surface area contributed by atoms with Crippen molar-refractivity contribution in [2.45, 2.75) is 19.8 Å². The Balaban J connectivity index is 1.50. The molecule has 0 spiro atoms. The molecule has 0 bridgehead atoms. The summed E-state index contributed by atoms with van der Waals surface area (Å²) in [6, 6.07) is 18.7. The predicted molar refractivity (Wildman–Crippen MR) is 115 cm³/mol. The van der Waals surface area contributed by atoms with Crippen molar-refractivity contribution in [1.82, 2.24) is 4.98 Å². The van der Waals surface area contributed by atoms with Gasteiger partial charge in [0.15, 0.2) is 0 Å². The molecule has 0 fully saturated rings. The van der Waals surface area contributed by atoms with Gasteiger partial charge in [0.25, 0.3) is 0 Å².